The molecule has 26 heavy (non-hydrogen) atoms. The van der Waals surface area contributed by atoms with Crippen LogP contribution in [0.1, 0.15) is 84.8 Å². The van der Waals surface area contributed by atoms with Gasteiger partial charge in [0.15, 0.2) is 5.69 Å². The van der Waals surface area contributed by atoms with Crippen LogP contribution in [0.4, 0.5) is 5.69 Å². The molecule has 0 radical (unpaired) electrons. The number of nitrogens with one attached hydrogen (secondary N) is 1. The standard InChI is InChI=1S/C22H26N2O2/c25-20-13-18(16-7-4-8-16)14-23-21(20)22(26)24-19-11-9-17(10-12-19)15-5-2-1-3-6-15/h9-16,25H,1-8H2,(H,24,26). The lowest BCUT2D eigenvalue weighted by atomic mass is 9.80. The minimum Gasteiger partial charge on any atom is -0.505 e. The molecule has 4 rings (SSSR count). The summed E-state index contributed by atoms with van der Waals surface area (Å²) in [5, 5.41) is 13.0. The summed E-state index contributed by atoms with van der Waals surface area (Å²) in [5.41, 5.74) is 3.21. The minimum atomic E-state index is -0.368. The van der Waals surface area contributed by atoms with Gasteiger partial charge in [0, 0.05) is 11.9 Å². The van der Waals surface area contributed by atoms with Crippen molar-refractivity contribution in [3.63, 3.8) is 0 Å². The summed E-state index contributed by atoms with van der Waals surface area (Å²) in [6.45, 7) is 0. The number of nitrogens with zero attached hydrogens (tertiary/aromatic N) is 1. The Morgan fingerprint density at radius 3 is 2.19 bits per heavy atom. The van der Waals surface area contributed by atoms with E-state index in [1.54, 1.807) is 12.3 Å². The lowest BCUT2D eigenvalue weighted by Gasteiger charge is -2.25. The van der Waals surface area contributed by atoms with Crippen LogP contribution in [0.15, 0.2) is 36.5 Å². The topological polar surface area (TPSA) is 62.2 Å². The van der Waals surface area contributed by atoms with Crippen molar-refractivity contribution in [1.82, 2.24) is 4.98 Å². The lowest BCUT2D eigenvalue weighted by Crippen LogP contribution is -2.15. The summed E-state index contributed by atoms with van der Waals surface area (Å²) >= 11 is 0. The van der Waals surface area contributed by atoms with Crippen molar-refractivity contribution in [2.45, 2.75) is 63.2 Å². The first-order chi connectivity index (χ1) is 12.7. The van der Waals surface area contributed by atoms with Gasteiger partial charge in [-0.3, -0.25) is 4.79 Å². The number of aromatic nitrogens is 1. The summed E-state index contributed by atoms with van der Waals surface area (Å²) in [4.78, 5) is 16.7. The van der Waals surface area contributed by atoms with E-state index in [0.29, 0.717) is 11.8 Å². The van der Waals surface area contributed by atoms with Crippen LogP contribution in [0.2, 0.25) is 0 Å². The Morgan fingerprint density at radius 2 is 1.58 bits per heavy atom. The monoisotopic (exact) mass is 350 g/mol. The van der Waals surface area contributed by atoms with Crippen LogP contribution < -0.4 is 5.32 Å². The van der Waals surface area contributed by atoms with Crippen LogP contribution in [0.25, 0.3) is 0 Å². The summed E-state index contributed by atoms with van der Waals surface area (Å²) < 4.78 is 0. The maximum atomic E-state index is 12.5. The molecule has 1 amide bonds. The van der Waals surface area contributed by atoms with E-state index in [4.69, 9.17) is 0 Å². The molecule has 2 aromatic rings. The third kappa shape index (κ3) is 3.59. The molecular weight excluding hydrogens is 324 g/mol. The molecule has 0 aliphatic heterocycles. The van der Waals surface area contributed by atoms with Crippen LogP contribution >= 0.6 is 0 Å². The Hall–Kier alpha value is -2.36. The van der Waals surface area contributed by atoms with Crippen molar-refractivity contribution in [3.05, 3.63) is 53.3 Å². The Morgan fingerprint density at radius 1 is 0.923 bits per heavy atom. The molecular formula is C22H26N2O2. The smallest absolute Gasteiger partial charge is 0.278 e. The first kappa shape index (κ1) is 17.1. The SMILES string of the molecule is O=C(Nc1ccc(C2CCCCC2)cc1)c1ncc(C2CCC2)cc1O. The predicted octanol–water partition coefficient (Wildman–Crippen LogP) is 5.35. The zero-order valence-electron chi connectivity index (χ0n) is 15.1. The van der Waals surface area contributed by atoms with E-state index < -0.39 is 0 Å². The number of pyridine rings is 1. The molecule has 1 heterocycles. The van der Waals surface area contributed by atoms with Gasteiger partial charge in [0.2, 0.25) is 0 Å². The van der Waals surface area contributed by atoms with Gasteiger partial charge in [-0.2, -0.15) is 0 Å². The number of benzene rings is 1. The maximum Gasteiger partial charge on any atom is 0.278 e. The molecule has 2 N–H and O–H groups in total. The van der Waals surface area contributed by atoms with Crippen LogP contribution in [-0.2, 0) is 0 Å². The molecule has 1 aromatic heterocycles. The van der Waals surface area contributed by atoms with Gasteiger partial charge >= 0.3 is 0 Å². The quantitative estimate of drug-likeness (QED) is 0.781. The molecule has 2 saturated carbocycles. The summed E-state index contributed by atoms with van der Waals surface area (Å²) in [5.74, 6) is 0.731. The van der Waals surface area contributed by atoms with E-state index in [9.17, 15) is 9.90 Å². The van der Waals surface area contributed by atoms with Gasteiger partial charge in [-0.15, -0.1) is 0 Å². The molecule has 0 atom stereocenters. The van der Waals surface area contributed by atoms with Crippen molar-refractivity contribution in [2.75, 3.05) is 5.32 Å². The highest BCUT2D eigenvalue weighted by Gasteiger charge is 2.22. The minimum absolute atomic E-state index is 0.0364. The number of aromatic hydroxyl groups is 1. The zero-order chi connectivity index (χ0) is 17.9. The second kappa shape index (κ2) is 7.48. The molecule has 2 aliphatic carbocycles. The second-order valence-electron chi connectivity index (χ2n) is 7.68. The van der Waals surface area contributed by atoms with Gasteiger partial charge < -0.3 is 10.4 Å². The van der Waals surface area contributed by atoms with E-state index in [0.717, 1.165) is 24.1 Å². The van der Waals surface area contributed by atoms with E-state index in [1.807, 2.05) is 12.1 Å². The highest BCUT2D eigenvalue weighted by molar-refractivity contribution is 6.04. The van der Waals surface area contributed by atoms with Crippen LogP contribution in [-0.4, -0.2) is 16.0 Å². The molecule has 136 valence electrons. The number of hydrogen-bond acceptors (Lipinski definition) is 3. The normalized spacial score (nSPS) is 18.3. The Labute approximate surface area is 154 Å². The van der Waals surface area contributed by atoms with Crippen molar-refractivity contribution in [2.24, 2.45) is 0 Å². The molecule has 0 bridgehead atoms. The van der Waals surface area contributed by atoms with E-state index in [2.05, 4.69) is 22.4 Å². The predicted molar refractivity (Wildman–Crippen MR) is 103 cm³/mol. The van der Waals surface area contributed by atoms with Crippen LogP contribution in [0.5, 0.6) is 5.75 Å². The summed E-state index contributed by atoms with van der Waals surface area (Å²) in [7, 11) is 0. The zero-order valence-corrected chi connectivity index (χ0v) is 15.1. The average molecular weight is 350 g/mol. The van der Waals surface area contributed by atoms with Gasteiger partial charge in [0.25, 0.3) is 5.91 Å². The first-order valence-electron chi connectivity index (χ1n) is 9.81. The third-order valence-electron chi connectivity index (χ3n) is 5.93. The lowest BCUT2D eigenvalue weighted by molar-refractivity contribution is 0.101. The molecule has 4 heteroatoms. The van der Waals surface area contributed by atoms with Gasteiger partial charge in [-0.25, -0.2) is 4.98 Å². The van der Waals surface area contributed by atoms with Gasteiger partial charge in [-0.1, -0.05) is 37.8 Å². The maximum absolute atomic E-state index is 12.5. The molecule has 0 spiro atoms. The Kier molecular flexibility index (Phi) is 4.91. The molecule has 4 nitrogen and oxygen atoms in total. The Balaban J connectivity index is 1.42. The third-order valence-corrected chi connectivity index (χ3v) is 5.93. The fraction of sp³-hybridized carbons (Fsp3) is 0.455. The van der Waals surface area contributed by atoms with E-state index in [-0.39, 0.29) is 17.4 Å². The number of amides is 1. The van der Waals surface area contributed by atoms with Gasteiger partial charge in [-0.05, 0) is 66.8 Å². The fourth-order valence-corrected chi connectivity index (χ4v) is 4.07. The van der Waals surface area contributed by atoms with Crippen molar-refractivity contribution in [3.8, 4) is 5.75 Å². The molecule has 0 unspecified atom stereocenters. The molecule has 1 aromatic carbocycles. The number of hydrogen-bond donors (Lipinski definition) is 2. The van der Waals surface area contributed by atoms with Crippen LogP contribution in [0, 0.1) is 0 Å². The average Bonchev–Trinajstić information content (AvgIpc) is 2.62. The van der Waals surface area contributed by atoms with Crippen molar-refractivity contribution in [1.29, 1.82) is 0 Å². The molecule has 2 aliphatic rings. The number of carbonyl (C=O) groups is 1. The number of anilines is 1. The highest BCUT2D eigenvalue weighted by Crippen LogP contribution is 2.37. The summed E-state index contributed by atoms with van der Waals surface area (Å²) in [6.07, 6.45) is 11.7. The summed E-state index contributed by atoms with van der Waals surface area (Å²) in [6, 6.07) is 9.80. The van der Waals surface area contributed by atoms with Crippen molar-refractivity contribution < 1.29 is 9.90 Å². The van der Waals surface area contributed by atoms with Gasteiger partial charge in [0.05, 0.1) is 0 Å². The Bertz CT molecular complexity index is 775. The van der Waals surface area contributed by atoms with Crippen LogP contribution in [0.3, 0.4) is 0 Å². The number of rotatable bonds is 4. The largest absolute Gasteiger partial charge is 0.505 e. The first-order valence-corrected chi connectivity index (χ1v) is 9.81. The molecule has 2 fully saturated rings. The van der Waals surface area contributed by atoms with Gasteiger partial charge in [0.1, 0.15) is 5.75 Å². The molecule has 0 saturated heterocycles. The number of carbonyl (C=O) groups excluding carboxylic acids is 1. The fourth-order valence-electron chi connectivity index (χ4n) is 4.07. The highest BCUT2D eigenvalue weighted by atomic mass is 16.3. The second-order valence-corrected chi connectivity index (χ2v) is 7.68. The van der Waals surface area contributed by atoms with E-state index in [1.165, 1.54) is 44.1 Å². The van der Waals surface area contributed by atoms with Crippen molar-refractivity contribution >= 4 is 11.6 Å². The van der Waals surface area contributed by atoms with E-state index >= 15 is 0 Å².